The molecule has 0 aromatic rings. The minimum absolute atomic E-state index is 0.128. The van der Waals surface area contributed by atoms with E-state index in [1.165, 1.54) is 0 Å². The van der Waals surface area contributed by atoms with E-state index in [0.717, 1.165) is 71.4 Å². The first kappa shape index (κ1) is 17.3. The highest BCUT2D eigenvalue weighted by molar-refractivity contribution is 5.79. The van der Waals surface area contributed by atoms with Crippen LogP contribution in [0.3, 0.4) is 0 Å². The maximum Gasteiger partial charge on any atom is 0.236 e. The average Bonchev–Trinajstić information content (AvgIpc) is 2.95. The molecule has 2 saturated heterocycles. The van der Waals surface area contributed by atoms with Crippen molar-refractivity contribution in [2.75, 3.05) is 45.8 Å². The van der Waals surface area contributed by atoms with Crippen LogP contribution in [0.2, 0.25) is 0 Å². The number of rotatable bonds is 5. The number of carbonyl (C=O) groups excluding carboxylic acids is 2. The highest BCUT2D eigenvalue weighted by Crippen LogP contribution is 2.13. The molecule has 0 spiro atoms. The van der Waals surface area contributed by atoms with Gasteiger partial charge in [0.15, 0.2) is 0 Å². The molecule has 22 heavy (non-hydrogen) atoms. The zero-order valence-corrected chi connectivity index (χ0v) is 14.2. The third-order valence-corrected chi connectivity index (χ3v) is 4.86. The molecule has 2 rings (SSSR count). The second kappa shape index (κ2) is 8.51. The van der Waals surface area contributed by atoms with Crippen LogP contribution >= 0.6 is 0 Å². The number of hydrogen-bond donors (Lipinski definition) is 0. The van der Waals surface area contributed by atoms with Crippen molar-refractivity contribution in [3.05, 3.63) is 0 Å². The van der Waals surface area contributed by atoms with Gasteiger partial charge in [-0.25, -0.2) is 0 Å². The van der Waals surface area contributed by atoms with E-state index in [0.29, 0.717) is 6.54 Å². The van der Waals surface area contributed by atoms with Crippen LogP contribution in [0.5, 0.6) is 0 Å². The van der Waals surface area contributed by atoms with E-state index in [9.17, 15) is 9.59 Å². The Morgan fingerprint density at radius 2 is 1.59 bits per heavy atom. The molecule has 0 aromatic heterocycles. The number of amides is 2. The van der Waals surface area contributed by atoms with E-state index >= 15 is 0 Å². The number of hydrogen-bond acceptors (Lipinski definition) is 3. The summed E-state index contributed by atoms with van der Waals surface area (Å²) in [6.07, 6.45) is 5.27. The topological polar surface area (TPSA) is 43.9 Å². The SMILES string of the molecule is CCCC(C)C(=O)N1CCCN(CC(=O)N2CCCC2)CC1. The Morgan fingerprint density at radius 3 is 2.27 bits per heavy atom. The Labute approximate surface area is 134 Å². The summed E-state index contributed by atoms with van der Waals surface area (Å²) >= 11 is 0. The summed E-state index contributed by atoms with van der Waals surface area (Å²) < 4.78 is 0. The molecule has 2 aliphatic heterocycles. The van der Waals surface area contributed by atoms with Crippen LogP contribution in [0.25, 0.3) is 0 Å². The second-order valence-corrected chi connectivity index (χ2v) is 6.73. The van der Waals surface area contributed by atoms with E-state index in [2.05, 4.69) is 11.8 Å². The van der Waals surface area contributed by atoms with E-state index < -0.39 is 0 Å². The van der Waals surface area contributed by atoms with Crippen molar-refractivity contribution in [2.45, 2.75) is 46.0 Å². The van der Waals surface area contributed by atoms with Gasteiger partial charge in [0.2, 0.25) is 11.8 Å². The molecule has 0 radical (unpaired) electrons. The molecule has 5 nitrogen and oxygen atoms in total. The van der Waals surface area contributed by atoms with Gasteiger partial charge in [-0.2, -0.15) is 0 Å². The Morgan fingerprint density at radius 1 is 0.909 bits per heavy atom. The number of carbonyl (C=O) groups is 2. The lowest BCUT2D eigenvalue weighted by Gasteiger charge is -2.25. The summed E-state index contributed by atoms with van der Waals surface area (Å²) in [5, 5.41) is 0. The van der Waals surface area contributed by atoms with Crippen molar-refractivity contribution in [1.29, 1.82) is 0 Å². The molecular formula is C17H31N3O2. The van der Waals surface area contributed by atoms with Gasteiger partial charge in [0, 0.05) is 45.2 Å². The molecule has 1 unspecified atom stereocenters. The summed E-state index contributed by atoms with van der Waals surface area (Å²) in [6, 6.07) is 0. The van der Waals surface area contributed by atoms with Gasteiger partial charge in [-0.1, -0.05) is 20.3 Å². The maximum absolute atomic E-state index is 12.4. The normalized spacial score (nSPS) is 21.7. The monoisotopic (exact) mass is 309 g/mol. The summed E-state index contributed by atoms with van der Waals surface area (Å²) in [7, 11) is 0. The largest absolute Gasteiger partial charge is 0.342 e. The van der Waals surface area contributed by atoms with Crippen LogP contribution in [0.1, 0.15) is 46.0 Å². The molecule has 2 fully saturated rings. The first-order chi connectivity index (χ1) is 10.6. The fourth-order valence-electron chi connectivity index (χ4n) is 3.48. The number of nitrogens with zero attached hydrogens (tertiary/aromatic N) is 3. The van der Waals surface area contributed by atoms with Crippen molar-refractivity contribution in [2.24, 2.45) is 5.92 Å². The fourth-order valence-corrected chi connectivity index (χ4v) is 3.48. The number of likely N-dealkylation sites (tertiary alicyclic amines) is 1. The zero-order valence-electron chi connectivity index (χ0n) is 14.2. The van der Waals surface area contributed by atoms with Crippen LogP contribution in [0.15, 0.2) is 0 Å². The third-order valence-electron chi connectivity index (χ3n) is 4.86. The molecule has 0 N–H and O–H groups in total. The second-order valence-electron chi connectivity index (χ2n) is 6.73. The third kappa shape index (κ3) is 4.70. The lowest BCUT2D eigenvalue weighted by atomic mass is 10.0. The molecule has 5 heteroatoms. The van der Waals surface area contributed by atoms with Gasteiger partial charge in [-0.15, -0.1) is 0 Å². The van der Waals surface area contributed by atoms with Crippen LogP contribution < -0.4 is 0 Å². The molecule has 0 aliphatic carbocycles. The van der Waals surface area contributed by atoms with Crippen LogP contribution in [0.4, 0.5) is 0 Å². The summed E-state index contributed by atoms with van der Waals surface area (Å²) in [5.74, 6) is 0.675. The Hall–Kier alpha value is -1.10. The molecule has 2 amide bonds. The van der Waals surface area contributed by atoms with Gasteiger partial charge in [0.25, 0.3) is 0 Å². The first-order valence-electron chi connectivity index (χ1n) is 8.90. The van der Waals surface area contributed by atoms with Crippen molar-refractivity contribution < 1.29 is 9.59 Å². The molecule has 0 saturated carbocycles. The molecule has 2 heterocycles. The molecule has 126 valence electrons. The van der Waals surface area contributed by atoms with Crippen molar-refractivity contribution in [3.8, 4) is 0 Å². The summed E-state index contributed by atoms with van der Waals surface area (Å²) in [6.45, 7) is 9.87. The predicted octanol–water partition coefficient (Wildman–Crippen LogP) is 1.58. The van der Waals surface area contributed by atoms with Crippen molar-refractivity contribution >= 4 is 11.8 Å². The van der Waals surface area contributed by atoms with Gasteiger partial charge >= 0.3 is 0 Å². The Balaban J connectivity index is 1.79. The van der Waals surface area contributed by atoms with Crippen LogP contribution in [0, 0.1) is 5.92 Å². The van der Waals surface area contributed by atoms with E-state index in [1.807, 2.05) is 16.7 Å². The van der Waals surface area contributed by atoms with Gasteiger partial charge in [-0.05, 0) is 25.7 Å². The van der Waals surface area contributed by atoms with E-state index in [4.69, 9.17) is 0 Å². The summed E-state index contributed by atoms with van der Waals surface area (Å²) in [5.41, 5.74) is 0. The molecule has 2 aliphatic rings. The molecular weight excluding hydrogens is 278 g/mol. The quantitative estimate of drug-likeness (QED) is 0.774. The van der Waals surface area contributed by atoms with Gasteiger partial charge in [0.1, 0.15) is 0 Å². The first-order valence-corrected chi connectivity index (χ1v) is 8.90. The zero-order chi connectivity index (χ0) is 15.9. The minimum atomic E-state index is 0.128. The Bertz CT molecular complexity index is 380. The van der Waals surface area contributed by atoms with Crippen molar-refractivity contribution in [1.82, 2.24) is 14.7 Å². The standard InChI is InChI=1S/C17H31N3O2/c1-3-7-15(2)17(22)20-11-6-8-18(12-13-20)14-16(21)19-9-4-5-10-19/h15H,3-14H2,1-2H3. The smallest absolute Gasteiger partial charge is 0.236 e. The van der Waals surface area contributed by atoms with E-state index in [1.54, 1.807) is 0 Å². The highest BCUT2D eigenvalue weighted by Gasteiger charge is 2.25. The minimum Gasteiger partial charge on any atom is -0.342 e. The van der Waals surface area contributed by atoms with Crippen LogP contribution in [-0.2, 0) is 9.59 Å². The summed E-state index contributed by atoms with van der Waals surface area (Å²) in [4.78, 5) is 30.9. The fraction of sp³-hybridized carbons (Fsp3) is 0.882. The average molecular weight is 309 g/mol. The molecule has 0 bridgehead atoms. The van der Waals surface area contributed by atoms with Crippen LogP contribution in [-0.4, -0.2) is 72.3 Å². The lowest BCUT2D eigenvalue weighted by Crippen LogP contribution is -2.41. The Kier molecular flexibility index (Phi) is 6.68. The maximum atomic E-state index is 12.4. The van der Waals surface area contributed by atoms with Crippen molar-refractivity contribution in [3.63, 3.8) is 0 Å². The molecule has 1 atom stereocenters. The van der Waals surface area contributed by atoms with Gasteiger partial charge in [-0.3, -0.25) is 14.5 Å². The van der Waals surface area contributed by atoms with Gasteiger partial charge < -0.3 is 9.80 Å². The van der Waals surface area contributed by atoms with E-state index in [-0.39, 0.29) is 17.7 Å². The van der Waals surface area contributed by atoms with Gasteiger partial charge in [0.05, 0.1) is 6.54 Å². The molecule has 0 aromatic carbocycles. The lowest BCUT2D eigenvalue weighted by molar-refractivity contribution is -0.135. The highest BCUT2D eigenvalue weighted by atomic mass is 16.2. The predicted molar refractivity (Wildman–Crippen MR) is 87.5 cm³/mol.